The van der Waals surface area contributed by atoms with Gasteiger partial charge in [-0.3, -0.25) is 0 Å². The number of rotatable bonds is 12. The van der Waals surface area contributed by atoms with E-state index in [1.807, 2.05) is 0 Å². The number of aliphatic hydroxyl groups is 3. The normalized spacial score (nSPS) is 19.1. The van der Waals surface area contributed by atoms with Crippen molar-refractivity contribution in [2.75, 3.05) is 19.8 Å². The van der Waals surface area contributed by atoms with Crippen molar-refractivity contribution in [3.63, 3.8) is 0 Å². The predicted octanol–water partition coefficient (Wildman–Crippen LogP) is 8.00. The molecule has 0 aliphatic heterocycles. The van der Waals surface area contributed by atoms with Gasteiger partial charge in [-0.1, -0.05) is 90.5 Å². The highest BCUT2D eigenvalue weighted by Crippen LogP contribution is 2.31. The van der Waals surface area contributed by atoms with E-state index >= 15 is 0 Å². The quantitative estimate of drug-likeness (QED) is 0.217. The lowest BCUT2D eigenvalue weighted by Crippen LogP contribution is -2.31. The second kappa shape index (κ2) is 21.4. The van der Waals surface area contributed by atoms with E-state index in [1.165, 1.54) is 0 Å². The average molecular weight is 581 g/mol. The molecule has 0 aromatic carbocycles. The maximum atomic E-state index is 9.06. The summed E-state index contributed by atoms with van der Waals surface area (Å²) in [6, 6.07) is 0. The Morgan fingerprint density at radius 1 is 0.400 bits per heavy atom. The van der Waals surface area contributed by atoms with Gasteiger partial charge in [0.15, 0.2) is 0 Å². The predicted molar refractivity (Wildman–Crippen MR) is 174 cm³/mol. The Labute approximate surface area is 252 Å². The zero-order valence-corrected chi connectivity index (χ0v) is 29.4. The van der Waals surface area contributed by atoms with E-state index in [0.29, 0.717) is 37.6 Å². The van der Waals surface area contributed by atoms with Gasteiger partial charge in [-0.25, -0.2) is 0 Å². The smallest absolute Gasteiger partial charge is 0.0745 e. The standard InChI is InChI=1S/3C11H24O2.CH4/c3*1-8(12)7-13-10(3)9(2)11(4,5)6;/h3*8-10,12H,7H2,1-6H3;1H4/t8-,9+,10-;2*8-,9-,10+;/m110./s1. The van der Waals surface area contributed by atoms with Gasteiger partial charge in [0.2, 0.25) is 0 Å². The van der Waals surface area contributed by atoms with Crippen molar-refractivity contribution in [3.8, 4) is 0 Å². The summed E-state index contributed by atoms with van der Waals surface area (Å²) in [6.45, 7) is 39.2. The molecule has 3 N–H and O–H groups in total. The summed E-state index contributed by atoms with van der Waals surface area (Å²) in [7, 11) is 0. The molecule has 0 bridgehead atoms. The maximum absolute atomic E-state index is 9.06. The lowest BCUT2D eigenvalue weighted by atomic mass is 9.79. The minimum atomic E-state index is -0.366. The molecule has 0 unspecified atom stereocenters. The number of hydrogen-bond acceptors (Lipinski definition) is 6. The summed E-state index contributed by atoms with van der Waals surface area (Å²) in [5, 5.41) is 27.2. The molecule has 0 radical (unpaired) electrons. The summed E-state index contributed by atoms with van der Waals surface area (Å²) in [4.78, 5) is 0. The van der Waals surface area contributed by atoms with Gasteiger partial charge in [0.25, 0.3) is 0 Å². The van der Waals surface area contributed by atoms with Crippen LogP contribution in [0.3, 0.4) is 0 Å². The molecular weight excluding hydrogens is 504 g/mol. The Morgan fingerprint density at radius 3 is 0.650 bits per heavy atom. The zero-order chi connectivity index (χ0) is 31.9. The van der Waals surface area contributed by atoms with Gasteiger partial charge in [-0.2, -0.15) is 0 Å². The van der Waals surface area contributed by atoms with Crippen LogP contribution < -0.4 is 0 Å². The fourth-order valence-electron chi connectivity index (χ4n) is 3.42. The fourth-order valence-corrected chi connectivity index (χ4v) is 3.42. The van der Waals surface area contributed by atoms with Gasteiger partial charge in [0.1, 0.15) is 0 Å². The van der Waals surface area contributed by atoms with E-state index in [2.05, 4.69) is 104 Å². The highest BCUT2D eigenvalue weighted by molar-refractivity contribution is 4.76. The molecule has 6 heteroatoms. The van der Waals surface area contributed by atoms with Crippen molar-refractivity contribution in [3.05, 3.63) is 0 Å². The first-order chi connectivity index (χ1) is 17.2. The van der Waals surface area contributed by atoms with Gasteiger partial charge in [0.05, 0.1) is 56.4 Å². The number of aliphatic hydroxyl groups excluding tert-OH is 3. The Hall–Kier alpha value is -0.240. The molecule has 0 saturated carbocycles. The third kappa shape index (κ3) is 25.5. The van der Waals surface area contributed by atoms with E-state index in [1.54, 1.807) is 20.8 Å². The lowest BCUT2D eigenvalue weighted by molar-refractivity contribution is -0.0398. The monoisotopic (exact) mass is 581 g/mol. The zero-order valence-electron chi connectivity index (χ0n) is 29.4. The van der Waals surface area contributed by atoms with Gasteiger partial charge in [-0.15, -0.1) is 0 Å². The average Bonchev–Trinajstić information content (AvgIpc) is 2.76. The molecule has 0 aromatic heterocycles. The first-order valence-corrected chi connectivity index (χ1v) is 15.1. The molecule has 6 nitrogen and oxygen atoms in total. The Balaban J connectivity index is -0.000000240. The molecule has 0 spiro atoms. The molecule has 0 rings (SSSR count). The summed E-state index contributed by atoms with van der Waals surface area (Å²) in [5.74, 6) is 1.48. The Bertz CT molecular complexity index is 488. The van der Waals surface area contributed by atoms with Crippen LogP contribution in [0.4, 0.5) is 0 Å². The van der Waals surface area contributed by atoms with Crippen LogP contribution in [0.1, 0.15) is 132 Å². The Morgan fingerprint density at radius 2 is 0.550 bits per heavy atom. The van der Waals surface area contributed by atoms with Gasteiger partial charge in [-0.05, 0) is 75.5 Å². The third-order valence-corrected chi connectivity index (χ3v) is 8.01. The molecule has 0 aliphatic rings. The Kier molecular flexibility index (Phi) is 25.0. The maximum Gasteiger partial charge on any atom is 0.0745 e. The summed E-state index contributed by atoms with van der Waals surface area (Å²) < 4.78 is 16.6. The molecule has 0 heterocycles. The van der Waals surface area contributed by atoms with E-state index in [0.717, 1.165) is 0 Å². The van der Waals surface area contributed by atoms with E-state index in [4.69, 9.17) is 29.5 Å². The van der Waals surface area contributed by atoms with Crippen molar-refractivity contribution in [2.45, 2.75) is 169 Å². The molecule has 0 aliphatic carbocycles. The number of hydrogen-bond donors (Lipinski definition) is 3. The van der Waals surface area contributed by atoms with Crippen molar-refractivity contribution in [2.24, 2.45) is 34.0 Å². The minimum absolute atomic E-state index is 0. The van der Waals surface area contributed by atoms with Crippen molar-refractivity contribution < 1.29 is 29.5 Å². The van der Waals surface area contributed by atoms with E-state index in [-0.39, 0.29) is 60.3 Å². The summed E-state index contributed by atoms with van der Waals surface area (Å²) >= 11 is 0. The van der Waals surface area contributed by atoms with Crippen LogP contribution in [0, 0.1) is 34.0 Å². The van der Waals surface area contributed by atoms with Gasteiger partial charge >= 0.3 is 0 Å². The molecule has 9 atom stereocenters. The first-order valence-electron chi connectivity index (χ1n) is 15.1. The fraction of sp³-hybridized carbons (Fsp3) is 1.00. The highest BCUT2D eigenvalue weighted by atomic mass is 16.5. The second-order valence-corrected chi connectivity index (χ2v) is 15.1. The van der Waals surface area contributed by atoms with Crippen molar-refractivity contribution in [1.82, 2.24) is 0 Å². The highest BCUT2D eigenvalue weighted by Gasteiger charge is 2.27. The topological polar surface area (TPSA) is 88.4 Å². The van der Waals surface area contributed by atoms with E-state index in [9.17, 15) is 0 Å². The van der Waals surface area contributed by atoms with Gasteiger partial charge < -0.3 is 29.5 Å². The van der Waals surface area contributed by atoms with E-state index < -0.39 is 0 Å². The molecule has 0 amide bonds. The van der Waals surface area contributed by atoms with Gasteiger partial charge in [0, 0.05) is 0 Å². The molecule has 0 aromatic rings. The molecule has 248 valence electrons. The number of ether oxygens (including phenoxy) is 3. The molecule has 0 saturated heterocycles. The largest absolute Gasteiger partial charge is 0.391 e. The third-order valence-electron chi connectivity index (χ3n) is 8.01. The SMILES string of the molecule is C.C[C@@H](O)CO[C@H](C)[C@H](C)C(C)(C)C.C[C@H](O)CO[C@H](C)[C@H](C)C(C)(C)C.C[C@H](OC[C@@H](C)O)[C@@H](C)C(C)(C)C. The van der Waals surface area contributed by atoms with Crippen LogP contribution >= 0.6 is 0 Å². The van der Waals surface area contributed by atoms with Crippen LogP contribution in [0.2, 0.25) is 0 Å². The molecular formula is C34H76O6. The van der Waals surface area contributed by atoms with Crippen LogP contribution in [0.15, 0.2) is 0 Å². The van der Waals surface area contributed by atoms with Crippen LogP contribution in [0.25, 0.3) is 0 Å². The van der Waals surface area contributed by atoms with Crippen LogP contribution in [0.5, 0.6) is 0 Å². The van der Waals surface area contributed by atoms with Crippen LogP contribution in [-0.2, 0) is 14.2 Å². The minimum Gasteiger partial charge on any atom is -0.391 e. The lowest BCUT2D eigenvalue weighted by Gasteiger charge is -2.32. The molecule has 0 fully saturated rings. The second-order valence-electron chi connectivity index (χ2n) is 15.1. The van der Waals surface area contributed by atoms with Crippen LogP contribution in [-0.4, -0.2) is 71.8 Å². The molecule has 40 heavy (non-hydrogen) atoms. The van der Waals surface area contributed by atoms with Crippen molar-refractivity contribution >= 4 is 0 Å². The van der Waals surface area contributed by atoms with Crippen molar-refractivity contribution in [1.29, 1.82) is 0 Å². The first kappa shape index (κ1) is 46.7. The summed E-state index contributed by atoms with van der Waals surface area (Å²) in [6.07, 6.45) is -0.488. The summed E-state index contributed by atoms with van der Waals surface area (Å²) in [5.41, 5.74) is 0.786.